The van der Waals surface area contributed by atoms with Crippen molar-refractivity contribution in [3.8, 4) is 0 Å². The fourth-order valence-corrected chi connectivity index (χ4v) is 3.27. The summed E-state index contributed by atoms with van der Waals surface area (Å²) >= 11 is 0. The predicted octanol–water partition coefficient (Wildman–Crippen LogP) is 4.33. The van der Waals surface area contributed by atoms with Crippen molar-refractivity contribution in [1.29, 1.82) is 0 Å². The first-order chi connectivity index (χ1) is 11.8. The van der Waals surface area contributed by atoms with E-state index in [0.717, 1.165) is 24.8 Å². The summed E-state index contributed by atoms with van der Waals surface area (Å²) in [5.74, 6) is -0.292. The smallest absolute Gasteiger partial charge is 0.410 e. The van der Waals surface area contributed by atoms with Crippen molar-refractivity contribution in [1.82, 2.24) is 4.90 Å². The molecular weight excluding hydrogens is 318 g/mol. The van der Waals surface area contributed by atoms with Crippen molar-refractivity contribution in [3.05, 3.63) is 35.9 Å². The molecule has 5 heteroatoms. The van der Waals surface area contributed by atoms with Crippen LogP contribution in [0.1, 0.15) is 58.1 Å². The summed E-state index contributed by atoms with van der Waals surface area (Å²) in [7, 11) is 1.37. The fourth-order valence-electron chi connectivity index (χ4n) is 3.27. The lowest BCUT2D eigenvalue weighted by atomic mass is 9.84. The van der Waals surface area contributed by atoms with Crippen LogP contribution in [0.2, 0.25) is 0 Å². The number of piperidine rings is 1. The number of amides is 1. The number of benzene rings is 1. The zero-order valence-corrected chi connectivity index (χ0v) is 15.7. The first-order valence-corrected chi connectivity index (χ1v) is 8.92. The van der Waals surface area contributed by atoms with Gasteiger partial charge in [-0.2, -0.15) is 0 Å². The lowest BCUT2D eigenvalue weighted by Gasteiger charge is -2.37. The third-order valence-electron chi connectivity index (χ3n) is 4.60. The number of esters is 1. The van der Waals surface area contributed by atoms with Crippen molar-refractivity contribution in [2.75, 3.05) is 13.7 Å². The minimum atomic E-state index is -0.350. The second-order valence-electron chi connectivity index (χ2n) is 7.66. The molecule has 1 aromatic rings. The van der Waals surface area contributed by atoms with Gasteiger partial charge >= 0.3 is 12.1 Å². The van der Waals surface area contributed by atoms with Crippen molar-refractivity contribution in [2.45, 2.75) is 58.6 Å². The minimum Gasteiger partial charge on any atom is -0.469 e. The van der Waals surface area contributed by atoms with Crippen LogP contribution in [0, 0.1) is 5.41 Å². The number of hydrogen-bond acceptors (Lipinski definition) is 4. The molecule has 0 radical (unpaired) electrons. The summed E-state index contributed by atoms with van der Waals surface area (Å²) < 4.78 is 10.7. The van der Waals surface area contributed by atoms with E-state index in [-0.39, 0.29) is 36.0 Å². The van der Waals surface area contributed by atoms with E-state index in [1.54, 1.807) is 4.90 Å². The summed E-state index contributed by atoms with van der Waals surface area (Å²) in [5.41, 5.74) is 0.745. The molecule has 1 aliphatic heterocycles. The van der Waals surface area contributed by atoms with Crippen LogP contribution in [0.3, 0.4) is 0 Å². The highest BCUT2D eigenvalue weighted by molar-refractivity contribution is 5.73. The summed E-state index contributed by atoms with van der Waals surface area (Å²) in [4.78, 5) is 26.2. The van der Waals surface area contributed by atoms with Gasteiger partial charge in [0.2, 0.25) is 0 Å². The molecule has 1 saturated heterocycles. The van der Waals surface area contributed by atoms with E-state index in [1.165, 1.54) is 7.11 Å². The van der Waals surface area contributed by atoms with Crippen LogP contribution >= 0.6 is 0 Å². The van der Waals surface area contributed by atoms with Crippen LogP contribution in [-0.4, -0.2) is 36.7 Å². The Labute approximate surface area is 150 Å². The highest BCUT2D eigenvalue weighted by Gasteiger charge is 2.35. The van der Waals surface area contributed by atoms with E-state index in [0.29, 0.717) is 6.54 Å². The van der Waals surface area contributed by atoms with Gasteiger partial charge in [-0.1, -0.05) is 51.1 Å². The highest BCUT2D eigenvalue weighted by atomic mass is 16.6. The maximum absolute atomic E-state index is 12.9. The van der Waals surface area contributed by atoms with Crippen LogP contribution in [0.15, 0.2) is 30.3 Å². The average molecular weight is 347 g/mol. The van der Waals surface area contributed by atoms with E-state index in [4.69, 9.17) is 9.47 Å². The maximum Gasteiger partial charge on any atom is 0.410 e. The molecule has 1 amide bonds. The van der Waals surface area contributed by atoms with Gasteiger partial charge in [0.15, 0.2) is 0 Å². The van der Waals surface area contributed by atoms with Gasteiger partial charge in [-0.05, 0) is 24.8 Å². The molecule has 1 heterocycles. The molecule has 2 rings (SSSR count). The molecule has 0 bridgehead atoms. The van der Waals surface area contributed by atoms with E-state index >= 15 is 0 Å². The first-order valence-electron chi connectivity index (χ1n) is 8.92. The normalized spacial score (nSPS) is 19.2. The Balaban J connectivity index is 2.14. The van der Waals surface area contributed by atoms with E-state index in [1.807, 2.05) is 30.3 Å². The Morgan fingerprint density at radius 1 is 1.20 bits per heavy atom. The van der Waals surface area contributed by atoms with Crippen LogP contribution in [0.25, 0.3) is 0 Å². The lowest BCUT2D eigenvalue weighted by molar-refractivity contribution is -0.142. The van der Waals surface area contributed by atoms with E-state index in [9.17, 15) is 9.59 Å². The molecule has 0 aliphatic carbocycles. The lowest BCUT2D eigenvalue weighted by Crippen LogP contribution is -2.46. The summed E-state index contributed by atoms with van der Waals surface area (Å²) in [6, 6.07) is 9.65. The number of rotatable bonds is 4. The average Bonchev–Trinajstić information content (AvgIpc) is 2.59. The minimum absolute atomic E-state index is 0.148. The third-order valence-corrected chi connectivity index (χ3v) is 4.60. The molecule has 0 N–H and O–H groups in total. The van der Waals surface area contributed by atoms with Gasteiger partial charge in [0.05, 0.1) is 13.5 Å². The number of carbonyl (C=O) groups excluding carboxylic acids is 2. The van der Waals surface area contributed by atoms with Gasteiger partial charge in [-0.15, -0.1) is 0 Å². The fraction of sp³-hybridized carbons (Fsp3) is 0.600. The van der Waals surface area contributed by atoms with Gasteiger partial charge in [-0.25, -0.2) is 4.79 Å². The molecular formula is C20H29NO4. The molecule has 1 unspecified atom stereocenters. The zero-order chi connectivity index (χ0) is 18.4. The molecule has 0 aromatic heterocycles. The summed E-state index contributed by atoms with van der Waals surface area (Å²) in [6.45, 7) is 6.78. The zero-order valence-electron chi connectivity index (χ0n) is 15.7. The Bertz CT molecular complexity index is 579. The Morgan fingerprint density at radius 3 is 2.48 bits per heavy atom. The molecule has 5 nitrogen and oxygen atoms in total. The van der Waals surface area contributed by atoms with Crippen molar-refractivity contribution in [3.63, 3.8) is 0 Å². The van der Waals surface area contributed by atoms with Gasteiger partial charge in [0, 0.05) is 18.0 Å². The summed E-state index contributed by atoms with van der Waals surface area (Å²) in [6.07, 6.45) is 2.26. The summed E-state index contributed by atoms with van der Waals surface area (Å²) in [5, 5.41) is 0. The van der Waals surface area contributed by atoms with Gasteiger partial charge in [-0.3, -0.25) is 4.79 Å². The van der Waals surface area contributed by atoms with Crippen molar-refractivity contribution in [2.24, 2.45) is 5.41 Å². The van der Waals surface area contributed by atoms with E-state index in [2.05, 4.69) is 20.8 Å². The van der Waals surface area contributed by atoms with Crippen LogP contribution in [0.5, 0.6) is 0 Å². The topological polar surface area (TPSA) is 55.8 Å². The molecule has 25 heavy (non-hydrogen) atoms. The molecule has 1 aliphatic rings. The predicted molar refractivity (Wildman–Crippen MR) is 96.1 cm³/mol. The number of ether oxygens (including phenoxy) is 2. The molecule has 0 spiro atoms. The molecule has 0 saturated carbocycles. The van der Waals surface area contributed by atoms with Gasteiger partial charge < -0.3 is 14.4 Å². The number of likely N-dealkylation sites (tertiary alicyclic amines) is 1. The Hall–Kier alpha value is -2.04. The molecule has 1 fully saturated rings. The van der Waals surface area contributed by atoms with Crippen LogP contribution in [-0.2, 0) is 14.3 Å². The molecule has 2 atom stereocenters. The standard InChI is InChI=1S/C20H29NO4/c1-20(2,3)18(15-10-6-5-7-11-15)25-19(23)21-13-9-8-12-16(21)14-17(22)24-4/h5-7,10-11,16,18H,8-9,12-14H2,1-4H3/t16-,18?/m0/s1. The SMILES string of the molecule is COC(=O)C[C@@H]1CCCCN1C(=O)OC(c1ccccc1)C(C)(C)C. The second-order valence-corrected chi connectivity index (χ2v) is 7.66. The maximum atomic E-state index is 12.9. The van der Waals surface area contributed by atoms with Gasteiger partial charge in [0.1, 0.15) is 6.10 Å². The largest absolute Gasteiger partial charge is 0.469 e. The van der Waals surface area contributed by atoms with Crippen molar-refractivity contribution >= 4 is 12.1 Å². The second kappa shape index (κ2) is 8.37. The monoisotopic (exact) mass is 347 g/mol. The first kappa shape index (κ1) is 19.3. The van der Waals surface area contributed by atoms with Gasteiger partial charge in [0.25, 0.3) is 0 Å². The van der Waals surface area contributed by atoms with Crippen LogP contribution < -0.4 is 0 Å². The van der Waals surface area contributed by atoms with Crippen LogP contribution in [0.4, 0.5) is 4.79 Å². The number of nitrogens with zero attached hydrogens (tertiary/aromatic N) is 1. The Kier molecular flexibility index (Phi) is 6.45. The molecule has 138 valence electrons. The quantitative estimate of drug-likeness (QED) is 0.761. The number of hydrogen-bond donors (Lipinski definition) is 0. The third kappa shape index (κ3) is 5.21. The molecule has 1 aromatic carbocycles. The number of carbonyl (C=O) groups is 2. The van der Waals surface area contributed by atoms with Crippen molar-refractivity contribution < 1.29 is 19.1 Å². The highest BCUT2D eigenvalue weighted by Crippen LogP contribution is 2.37. The van der Waals surface area contributed by atoms with E-state index < -0.39 is 0 Å². The Morgan fingerprint density at radius 2 is 1.88 bits per heavy atom. The number of methoxy groups -OCH3 is 1.